The van der Waals surface area contributed by atoms with Crippen LogP contribution in [-0.2, 0) is 19.5 Å². The van der Waals surface area contributed by atoms with E-state index in [0.717, 1.165) is 0 Å². The zero-order chi connectivity index (χ0) is 4.24. The standard InChI is InChI=1S/C6H6.ClH.Ru/c1-2-4-6-5-3-1;;/h1-6H;1H;. The molecular formula is C6H7ClRu. The van der Waals surface area contributed by atoms with E-state index >= 15 is 0 Å². The molecule has 0 N–H and O–H groups in total. The molecule has 0 aliphatic rings. The molecule has 0 aliphatic heterocycles. The van der Waals surface area contributed by atoms with E-state index in [1.54, 1.807) is 0 Å². The van der Waals surface area contributed by atoms with Gasteiger partial charge in [0.2, 0.25) is 0 Å². The second kappa shape index (κ2) is 7.13. The van der Waals surface area contributed by atoms with Crippen molar-refractivity contribution in [2.45, 2.75) is 0 Å². The van der Waals surface area contributed by atoms with E-state index < -0.39 is 0 Å². The van der Waals surface area contributed by atoms with E-state index in [1.165, 1.54) is 0 Å². The quantitative estimate of drug-likeness (QED) is 0.582. The van der Waals surface area contributed by atoms with Crippen molar-refractivity contribution in [3.8, 4) is 0 Å². The van der Waals surface area contributed by atoms with Crippen molar-refractivity contribution in [3.05, 3.63) is 36.4 Å². The fourth-order valence-corrected chi connectivity index (χ4v) is 0.385. The predicted octanol–water partition coefficient (Wildman–Crippen LogP) is 2.11. The molecule has 0 radical (unpaired) electrons. The molecule has 0 saturated heterocycles. The maximum Gasteiger partial charge on any atom is 0 e. The fraction of sp³-hybridized carbons (Fsp3) is 0. The summed E-state index contributed by atoms with van der Waals surface area (Å²) in [5.74, 6) is 0. The first-order valence-corrected chi connectivity index (χ1v) is 2.00. The van der Waals surface area contributed by atoms with Crippen molar-refractivity contribution in [3.63, 3.8) is 0 Å². The number of halogens is 1. The Kier molecular flexibility index (Phi) is 9.81. The van der Waals surface area contributed by atoms with Crippen LogP contribution in [-0.4, -0.2) is 0 Å². The molecule has 0 atom stereocenters. The molecule has 0 heterocycles. The van der Waals surface area contributed by atoms with Crippen LogP contribution in [0.4, 0.5) is 0 Å². The van der Waals surface area contributed by atoms with Crippen LogP contribution >= 0.6 is 12.4 Å². The first-order valence-electron chi connectivity index (χ1n) is 2.00. The first-order chi connectivity index (χ1) is 3.00. The molecule has 0 saturated carbocycles. The van der Waals surface area contributed by atoms with Crippen molar-refractivity contribution in [1.29, 1.82) is 0 Å². The third-order valence-electron chi connectivity index (χ3n) is 0.667. The Morgan fingerprint density at radius 3 is 0.750 bits per heavy atom. The fourth-order valence-electron chi connectivity index (χ4n) is 0.385. The number of rotatable bonds is 0. The van der Waals surface area contributed by atoms with Crippen molar-refractivity contribution < 1.29 is 19.5 Å². The van der Waals surface area contributed by atoms with E-state index in [9.17, 15) is 0 Å². The van der Waals surface area contributed by atoms with Gasteiger partial charge in [0, 0.05) is 19.5 Å². The minimum Gasteiger partial charge on any atom is -0.147 e. The predicted molar refractivity (Wildman–Crippen MR) is 33.7 cm³/mol. The molecule has 0 aromatic heterocycles. The molecule has 8 heavy (non-hydrogen) atoms. The molecule has 0 nitrogen and oxygen atoms in total. The molecular weight excluding hydrogens is 209 g/mol. The van der Waals surface area contributed by atoms with E-state index in [-0.39, 0.29) is 31.9 Å². The molecule has 46 valence electrons. The third-order valence-corrected chi connectivity index (χ3v) is 0.667. The second-order valence-electron chi connectivity index (χ2n) is 1.15. The van der Waals surface area contributed by atoms with Crippen molar-refractivity contribution >= 4 is 12.4 Å². The minimum atomic E-state index is 0. The Labute approximate surface area is 68.5 Å². The molecule has 0 fully saturated rings. The van der Waals surface area contributed by atoms with Gasteiger partial charge in [-0.2, -0.15) is 0 Å². The molecule has 2 heteroatoms. The normalized spacial score (nSPS) is 6.00. The van der Waals surface area contributed by atoms with Gasteiger partial charge in [-0.05, 0) is 0 Å². The zero-order valence-electron chi connectivity index (χ0n) is 4.23. The van der Waals surface area contributed by atoms with Gasteiger partial charge in [0.15, 0.2) is 0 Å². The van der Waals surface area contributed by atoms with Crippen LogP contribution in [0, 0.1) is 0 Å². The summed E-state index contributed by atoms with van der Waals surface area (Å²) in [6.07, 6.45) is 0. The Hall–Kier alpha value is 0.133. The van der Waals surface area contributed by atoms with Gasteiger partial charge in [-0.15, -0.1) is 12.4 Å². The van der Waals surface area contributed by atoms with Crippen LogP contribution < -0.4 is 0 Å². The van der Waals surface area contributed by atoms with Crippen LogP contribution in [0.2, 0.25) is 0 Å². The summed E-state index contributed by atoms with van der Waals surface area (Å²) in [7, 11) is 0. The number of hydrogen-bond donors (Lipinski definition) is 0. The smallest absolute Gasteiger partial charge is 0 e. The van der Waals surface area contributed by atoms with Gasteiger partial charge in [0.25, 0.3) is 0 Å². The average Bonchev–Trinajstić information content (AvgIpc) is 1.72. The number of hydrogen-bond acceptors (Lipinski definition) is 0. The second-order valence-corrected chi connectivity index (χ2v) is 1.15. The molecule has 1 aromatic rings. The summed E-state index contributed by atoms with van der Waals surface area (Å²) in [5, 5.41) is 0. The van der Waals surface area contributed by atoms with Gasteiger partial charge in [-0.25, -0.2) is 0 Å². The summed E-state index contributed by atoms with van der Waals surface area (Å²) >= 11 is 0. The topological polar surface area (TPSA) is 0 Å². The Bertz CT molecular complexity index is 80.5. The summed E-state index contributed by atoms with van der Waals surface area (Å²) in [5.41, 5.74) is 0. The molecule has 1 aromatic carbocycles. The van der Waals surface area contributed by atoms with Gasteiger partial charge in [0.1, 0.15) is 0 Å². The zero-order valence-corrected chi connectivity index (χ0v) is 6.78. The molecule has 0 aliphatic carbocycles. The van der Waals surface area contributed by atoms with E-state index in [2.05, 4.69) is 0 Å². The minimum absolute atomic E-state index is 0. The first kappa shape index (κ1) is 11.0. The summed E-state index contributed by atoms with van der Waals surface area (Å²) < 4.78 is 0. The summed E-state index contributed by atoms with van der Waals surface area (Å²) in [6, 6.07) is 12.0. The Morgan fingerprint density at radius 1 is 0.500 bits per heavy atom. The monoisotopic (exact) mass is 216 g/mol. The average molecular weight is 216 g/mol. The Morgan fingerprint density at radius 2 is 0.625 bits per heavy atom. The molecule has 0 spiro atoms. The van der Waals surface area contributed by atoms with Crippen LogP contribution in [0.5, 0.6) is 0 Å². The SMILES string of the molecule is Cl.[Ru].c1ccccc1. The van der Waals surface area contributed by atoms with E-state index in [1.807, 2.05) is 36.4 Å². The van der Waals surface area contributed by atoms with Gasteiger partial charge in [-0.3, -0.25) is 0 Å². The van der Waals surface area contributed by atoms with Crippen molar-refractivity contribution in [1.82, 2.24) is 0 Å². The number of benzene rings is 1. The van der Waals surface area contributed by atoms with Gasteiger partial charge in [-0.1, -0.05) is 36.4 Å². The maximum absolute atomic E-state index is 2.00. The summed E-state index contributed by atoms with van der Waals surface area (Å²) in [6.45, 7) is 0. The molecule has 0 amide bonds. The van der Waals surface area contributed by atoms with Gasteiger partial charge < -0.3 is 0 Å². The molecule has 1 rings (SSSR count). The maximum atomic E-state index is 2.00. The molecule has 0 unspecified atom stereocenters. The van der Waals surface area contributed by atoms with Crippen LogP contribution in [0.1, 0.15) is 0 Å². The van der Waals surface area contributed by atoms with Crippen LogP contribution in [0.15, 0.2) is 36.4 Å². The van der Waals surface area contributed by atoms with Crippen molar-refractivity contribution in [2.75, 3.05) is 0 Å². The summed E-state index contributed by atoms with van der Waals surface area (Å²) in [4.78, 5) is 0. The largest absolute Gasteiger partial charge is 0.147 e. The van der Waals surface area contributed by atoms with E-state index in [0.29, 0.717) is 0 Å². The third kappa shape index (κ3) is 4.30. The van der Waals surface area contributed by atoms with Crippen LogP contribution in [0.25, 0.3) is 0 Å². The molecule has 0 bridgehead atoms. The van der Waals surface area contributed by atoms with Crippen LogP contribution in [0.3, 0.4) is 0 Å². The van der Waals surface area contributed by atoms with Gasteiger partial charge in [0.05, 0.1) is 0 Å². The van der Waals surface area contributed by atoms with Gasteiger partial charge >= 0.3 is 0 Å². The Balaban J connectivity index is 0. The van der Waals surface area contributed by atoms with Crippen molar-refractivity contribution in [2.24, 2.45) is 0 Å². The van der Waals surface area contributed by atoms with E-state index in [4.69, 9.17) is 0 Å².